The van der Waals surface area contributed by atoms with Gasteiger partial charge in [-0.05, 0) is 69.3 Å². The van der Waals surface area contributed by atoms with Gasteiger partial charge in [0.25, 0.3) is 5.91 Å². The van der Waals surface area contributed by atoms with E-state index in [-0.39, 0.29) is 17.5 Å². The molecule has 1 saturated heterocycles. The van der Waals surface area contributed by atoms with Crippen LogP contribution >= 0.6 is 0 Å². The zero-order chi connectivity index (χ0) is 20.4. The van der Waals surface area contributed by atoms with E-state index in [0.717, 1.165) is 25.9 Å². The Morgan fingerprint density at radius 2 is 1.86 bits per heavy atom. The van der Waals surface area contributed by atoms with Gasteiger partial charge < -0.3 is 14.8 Å². The fourth-order valence-corrected chi connectivity index (χ4v) is 4.02. The zero-order valence-electron chi connectivity index (χ0n) is 16.5. The summed E-state index contributed by atoms with van der Waals surface area (Å²) in [6, 6.07) is 9.17. The average Bonchev–Trinajstić information content (AvgIpc) is 3.11. The van der Waals surface area contributed by atoms with Crippen molar-refractivity contribution in [3.63, 3.8) is 0 Å². The number of aromatic hydroxyl groups is 1. The van der Waals surface area contributed by atoms with Gasteiger partial charge in [-0.1, -0.05) is 6.42 Å². The Morgan fingerprint density at radius 1 is 1.14 bits per heavy atom. The molecule has 1 fully saturated rings. The molecule has 1 aliphatic heterocycles. The third kappa shape index (κ3) is 3.85. The molecule has 1 amide bonds. The second-order valence-electron chi connectivity index (χ2n) is 7.45. The summed E-state index contributed by atoms with van der Waals surface area (Å²) in [7, 11) is 0. The Kier molecular flexibility index (Phi) is 5.53. The van der Waals surface area contributed by atoms with Gasteiger partial charge in [-0.3, -0.25) is 9.69 Å². The van der Waals surface area contributed by atoms with Crippen LogP contribution in [0.5, 0.6) is 5.75 Å². The minimum Gasteiger partial charge on any atom is -0.508 e. The van der Waals surface area contributed by atoms with E-state index in [1.165, 1.54) is 18.6 Å². The number of nitrogens with one attached hydrogen (secondary N) is 1. The van der Waals surface area contributed by atoms with Crippen LogP contribution in [0.4, 0.5) is 4.39 Å². The Morgan fingerprint density at radius 3 is 2.55 bits per heavy atom. The minimum absolute atomic E-state index is 0.153. The highest BCUT2D eigenvalue weighted by molar-refractivity contribution is 6.12. The van der Waals surface area contributed by atoms with Crippen molar-refractivity contribution in [1.29, 1.82) is 0 Å². The van der Waals surface area contributed by atoms with Crippen molar-refractivity contribution in [1.82, 2.24) is 10.2 Å². The summed E-state index contributed by atoms with van der Waals surface area (Å²) < 4.78 is 19.5. The second kappa shape index (κ2) is 8.25. The molecule has 152 valence electrons. The van der Waals surface area contributed by atoms with Crippen LogP contribution in [-0.2, 0) is 6.54 Å². The van der Waals surface area contributed by atoms with Gasteiger partial charge in [0.05, 0.1) is 5.56 Å². The molecule has 2 N–H and O–H groups in total. The highest BCUT2D eigenvalue weighted by Gasteiger charge is 2.26. The van der Waals surface area contributed by atoms with Gasteiger partial charge in [0, 0.05) is 29.6 Å². The molecule has 29 heavy (non-hydrogen) atoms. The van der Waals surface area contributed by atoms with Crippen molar-refractivity contribution in [2.75, 3.05) is 19.6 Å². The number of phenolic OH excluding ortho intramolecular Hbond substituents is 1. The van der Waals surface area contributed by atoms with Crippen molar-refractivity contribution >= 4 is 16.9 Å². The molecule has 5 nitrogen and oxygen atoms in total. The fraction of sp³-hybridized carbons (Fsp3) is 0.348. The number of hydrogen-bond donors (Lipinski definition) is 2. The predicted octanol–water partition coefficient (Wildman–Crippen LogP) is 4.68. The molecule has 4 rings (SSSR count). The Balaban J connectivity index is 1.90. The van der Waals surface area contributed by atoms with Crippen molar-refractivity contribution in [3.05, 3.63) is 53.3 Å². The van der Waals surface area contributed by atoms with Crippen molar-refractivity contribution < 1.29 is 18.7 Å². The van der Waals surface area contributed by atoms with E-state index in [2.05, 4.69) is 10.2 Å². The third-order valence-electron chi connectivity index (χ3n) is 5.44. The maximum atomic E-state index is 13.4. The van der Waals surface area contributed by atoms with E-state index in [1.54, 1.807) is 24.3 Å². The van der Waals surface area contributed by atoms with Gasteiger partial charge >= 0.3 is 0 Å². The molecular formula is C23H25FN2O3. The fourth-order valence-electron chi connectivity index (χ4n) is 4.02. The molecule has 2 heterocycles. The Bertz CT molecular complexity index is 1020. The monoisotopic (exact) mass is 396 g/mol. The molecule has 0 aliphatic carbocycles. The molecule has 0 saturated carbocycles. The number of rotatable bonds is 5. The molecule has 0 radical (unpaired) electrons. The van der Waals surface area contributed by atoms with Crippen LogP contribution in [0, 0.1) is 5.82 Å². The molecule has 2 aromatic carbocycles. The lowest BCUT2D eigenvalue weighted by Crippen LogP contribution is -2.29. The summed E-state index contributed by atoms with van der Waals surface area (Å²) >= 11 is 0. The number of carbonyl (C=O) groups is 1. The topological polar surface area (TPSA) is 65.7 Å². The summed E-state index contributed by atoms with van der Waals surface area (Å²) in [5.74, 6) is -0.0829. The first-order chi connectivity index (χ1) is 14.1. The van der Waals surface area contributed by atoms with Gasteiger partial charge in [-0.2, -0.15) is 0 Å². The molecule has 6 heteroatoms. The molecule has 3 aromatic rings. The predicted molar refractivity (Wildman–Crippen MR) is 110 cm³/mol. The number of hydrogen-bond acceptors (Lipinski definition) is 4. The number of furan rings is 1. The highest BCUT2D eigenvalue weighted by atomic mass is 19.1. The first-order valence-electron chi connectivity index (χ1n) is 10.1. The summed E-state index contributed by atoms with van der Waals surface area (Å²) in [5.41, 5.74) is 2.24. The number of phenols is 1. The van der Waals surface area contributed by atoms with Crippen LogP contribution in [0.1, 0.15) is 42.1 Å². The van der Waals surface area contributed by atoms with E-state index in [9.17, 15) is 14.3 Å². The largest absolute Gasteiger partial charge is 0.508 e. The normalized spacial score (nSPS) is 15.0. The molecule has 0 spiro atoms. The van der Waals surface area contributed by atoms with Crippen molar-refractivity contribution in [2.45, 2.75) is 32.7 Å². The number of piperidine rings is 1. The van der Waals surface area contributed by atoms with E-state index in [4.69, 9.17) is 4.42 Å². The first-order valence-corrected chi connectivity index (χ1v) is 10.1. The van der Waals surface area contributed by atoms with E-state index in [1.807, 2.05) is 6.92 Å². The Labute approximate surface area is 169 Å². The van der Waals surface area contributed by atoms with Crippen LogP contribution in [0.3, 0.4) is 0 Å². The van der Waals surface area contributed by atoms with Gasteiger partial charge in [0.1, 0.15) is 22.9 Å². The molecule has 1 aromatic heterocycles. The summed E-state index contributed by atoms with van der Waals surface area (Å²) in [6.07, 6.45) is 3.48. The molecule has 1 aliphatic rings. The lowest BCUT2D eigenvalue weighted by atomic mass is 9.99. The SMILES string of the molecule is CCNC(=O)c1c(-c2ccc(F)cc2)oc2ccc(O)c(CN3CCCCC3)c12. The van der Waals surface area contributed by atoms with Crippen LogP contribution in [0.15, 0.2) is 40.8 Å². The average molecular weight is 396 g/mol. The highest BCUT2D eigenvalue weighted by Crippen LogP contribution is 2.39. The molecule has 0 bridgehead atoms. The smallest absolute Gasteiger partial charge is 0.255 e. The molecule has 0 atom stereocenters. The molecule has 0 unspecified atom stereocenters. The molecular weight excluding hydrogens is 371 g/mol. The van der Waals surface area contributed by atoms with Crippen LogP contribution in [0.2, 0.25) is 0 Å². The number of benzene rings is 2. The zero-order valence-corrected chi connectivity index (χ0v) is 16.5. The van der Waals surface area contributed by atoms with E-state index >= 15 is 0 Å². The Hall–Kier alpha value is -2.86. The van der Waals surface area contributed by atoms with Gasteiger partial charge in [-0.15, -0.1) is 0 Å². The number of nitrogens with zero attached hydrogens (tertiary/aromatic N) is 1. The lowest BCUT2D eigenvalue weighted by molar-refractivity contribution is 0.0957. The van der Waals surface area contributed by atoms with Crippen LogP contribution in [0.25, 0.3) is 22.3 Å². The van der Waals surface area contributed by atoms with Crippen molar-refractivity contribution in [2.24, 2.45) is 0 Å². The van der Waals surface area contributed by atoms with E-state index in [0.29, 0.717) is 46.5 Å². The number of likely N-dealkylation sites (tertiary alicyclic amines) is 1. The maximum Gasteiger partial charge on any atom is 0.255 e. The van der Waals surface area contributed by atoms with Gasteiger partial charge in [0.15, 0.2) is 0 Å². The number of fused-ring (bicyclic) bond motifs is 1. The van der Waals surface area contributed by atoms with Crippen LogP contribution in [-0.4, -0.2) is 35.5 Å². The summed E-state index contributed by atoms with van der Waals surface area (Å²) in [5, 5.41) is 14.1. The van der Waals surface area contributed by atoms with Crippen LogP contribution < -0.4 is 5.32 Å². The quantitative estimate of drug-likeness (QED) is 0.657. The lowest BCUT2D eigenvalue weighted by Gasteiger charge is -2.27. The van der Waals surface area contributed by atoms with Crippen molar-refractivity contribution in [3.8, 4) is 17.1 Å². The minimum atomic E-state index is -0.354. The third-order valence-corrected chi connectivity index (χ3v) is 5.44. The number of amides is 1. The first kappa shape index (κ1) is 19.5. The maximum absolute atomic E-state index is 13.4. The summed E-state index contributed by atoms with van der Waals surface area (Å²) in [6.45, 7) is 4.81. The van der Waals surface area contributed by atoms with E-state index < -0.39 is 0 Å². The summed E-state index contributed by atoms with van der Waals surface area (Å²) in [4.78, 5) is 15.3. The van der Waals surface area contributed by atoms with Gasteiger partial charge in [0.2, 0.25) is 0 Å². The van der Waals surface area contributed by atoms with Gasteiger partial charge in [-0.25, -0.2) is 4.39 Å². The number of halogens is 1. The number of carbonyl (C=O) groups excluding carboxylic acids is 1. The standard InChI is InChI=1S/C23H25FN2O3/c1-2-25-23(28)21-20-17(14-26-12-4-3-5-13-26)18(27)10-11-19(20)29-22(21)15-6-8-16(24)9-7-15/h6-11,27H,2-5,12-14H2,1H3,(H,25,28). The second-order valence-corrected chi connectivity index (χ2v) is 7.45.